The monoisotopic (exact) mass is 432 g/mol. The number of aromatic nitrogens is 1. The number of carbonyl (C=O) groups excluding carboxylic acids is 3. The number of anilines is 1. The minimum Gasteiger partial charge on any atom is -0.349 e. The molecule has 0 aliphatic carbocycles. The van der Waals surface area contributed by atoms with Crippen molar-refractivity contribution in [3.63, 3.8) is 0 Å². The predicted molar refractivity (Wildman–Crippen MR) is 118 cm³/mol. The average Bonchev–Trinajstić information content (AvgIpc) is 3.31. The molecule has 3 amide bonds. The lowest BCUT2D eigenvalue weighted by atomic mass is 9.95. The molecule has 2 aliphatic heterocycles. The van der Waals surface area contributed by atoms with Crippen LogP contribution in [0.2, 0.25) is 0 Å². The third kappa shape index (κ3) is 3.70. The summed E-state index contributed by atoms with van der Waals surface area (Å²) in [5.41, 5.74) is 3.49. The van der Waals surface area contributed by atoms with Gasteiger partial charge < -0.3 is 15.5 Å². The normalized spacial score (nSPS) is 20.3. The molecule has 5 rings (SSSR count). The summed E-state index contributed by atoms with van der Waals surface area (Å²) in [7, 11) is 0. The van der Waals surface area contributed by atoms with E-state index in [4.69, 9.17) is 0 Å². The van der Waals surface area contributed by atoms with E-state index in [0.717, 1.165) is 11.1 Å². The summed E-state index contributed by atoms with van der Waals surface area (Å²) < 4.78 is 0. The fourth-order valence-electron chi connectivity index (χ4n) is 4.16. The van der Waals surface area contributed by atoms with Gasteiger partial charge in [-0.2, -0.15) is 11.3 Å². The van der Waals surface area contributed by atoms with Crippen molar-refractivity contribution in [1.29, 1.82) is 0 Å². The van der Waals surface area contributed by atoms with Gasteiger partial charge in [0.2, 0.25) is 5.91 Å². The lowest BCUT2D eigenvalue weighted by Gasteiger charge is -2.37. The Hall–Kier alpha value is -3.52. The number of nitrogens with one attached hydrogen (secondary N) is 2. The molecule has 1 saturated heterocycles. The number of fused-ring (bicyclic) bond motifs is 2. The second kappa shape index (κ2) is 7.96. The van der Waals surface area contributed by atoms with Crippen molar-refractivity contribution in [3.8, 4) is 11.1 Å². The Kier molecular flexibility index (Phi) is 4.99. The Balaban J connectivity index is 1.37. The van der Waals surface area contributed by atoms with Crippen LogP contribution in [0.3, 0.4) is 0 Å². The van der Waals surface area contributed by atoms with E-state index in [0.29, 0.717) is 36.2 Å². The molecule has 2 N–H and O–H groups in total. The Morgan fingerprint density at radius 1 is 1.19 bits per heavy atom. The van der Waals surface area contributed by atoms with Gasteiger partial charge in [-0.25, -0.2) is 0 Å². The lowest BCUT2D eigenvalue weighted by molar-refractivity contribution is -0.121. The van der Waals surface area contributed by atoms with Crippen molar-refractivity contribution >= 4 is 34.7 Å². The zero-order chi connectivity index (χ0) is 21.4. The van der Waals surface area contributed by atoms with Crippen LogP contribution in [0.25, 0.3) is 11.1 Å². The molecule has 1 fully saturated rings. The highest BCUT2D eigenvalue weighted by Crippen LogP contribution is 2.32. The van der Waals surface area contributed by atoms with Crippen molar-refractivity contribution in [2.45, 2.75) is 24.9 Å². The Morgan fingerprint density at radius 3 is 2.87 bits per heavy atom. The fourth-order valence-corrected chi connectivity index (χ4v) is 4.83. The van der Waals surface area contributed by atoms with Crippen LogP contribution in [-0.4, -0.2) is 46.2 Å². The highest BCUT2D eigenvalue weighted by molar-refractivity contribution is 7.08. The zero-order valence-electron chi connectivity index (χ0n) is 16.6. The molecule has 156 valence electrons. The van der Waals surface area contributed by atoms with Crippen LogP contribution in [0.1, 0.15) is 33.6 Å². The summed E-state index contributed by atoms with van der Waals surface area (Å²) in [5.74, 6) is -0.612. The minimum absolute atomic E-state index is 0.160. The lowest BCUT2D eigenvalue weighted by Crippen LogP contribution is -2.55. The van der Waals surface area contributed by atoms with Gasteiger partial charge in [0.25, 0.3) is 11.8 Å². The van der Waals surface area contributed by atoms with Crippen molar-refractivity contribution in [3.05, 3.63) is 70.7 Å². The molecule has 0 saturated carbocycles. The number of thiophene rings is 1. The highest BCUT2D eigenvalue weighted by atomic mass is 32.1. The molecule has 1 aromatic carbocycles. The molecule has 8 heteroatoms. The quantitative estimate of drug-likeness (QED) is 0.665. The van der Waals surface area contributed by atoms with Crippen molar-refractivity contribution in [1.82, 2.24) is 15.2 Å². The van der Waals surface area contributed by atoms with Crippen molar-refractivity contribution < 1.29 is 14.4 Å². The molecule has 7 nitrogen and oxygen atoms in total. The first kappa shape index (κ1) is 19.4. The third-order valence-electron chi connectivity index (χ3n) is 5.79. The molecule has 4 heterocycles. The summed E-state index contributed by atoms with van der Waals surface area (Å²) >= 11 is 1.60. The molecule has 0 spiro atoms. The third-order valence-corrected chi connectivity index (χ3v) is 6.47. The molecule has 0 unspecified atom stereocenters. The Bertz CT molecular complexity index is 1150. The fraction of sp³-hybridized carbons (Fsp3) is 0.217. The van der Waals surface area contributed by atoms with Crippen LogP contribution in [-0.2, 0) is 4.79 Å². The van der Waals surface area contributed by atoms with Gasteiger partial charge in [-0.05, 0) is 65.1 Å². The van der Waals surface area contributed by atoms with Gasteiger partial charge in [0.15, 0.2) is 0 Å². The first-order valence-corrected chi connectivity index (χ1v) is 11.0. The van der Waals surface area contributed by atoms with Crippen LogP contribution in [0, 0.1) is 0 Å². The maximum atomic E-state index is 13.3. The molecular formula is C23H20N4O3S. The van der Waals surface area contributed by atoms with Crippen LogP contribution in [0.4, 0.5) is 5.69 Å². The van der Waals surface area contributed by atoms with E-state index in [1.165, 1.54) is 6.20 Å². The number of benzene rings is 1. The average molecular weight is 433 g/mol. The van der Waals surface area contributed by atoms with E-state index in [2.05, 4.69) is 15.6 Å². The largest absolute Gasteiger partial charge is 0.349 e. The molecule has 3 aromatic rings. The predicted octanol–water partition coefficient (Wildman–Crippen LogP) is 3.17. The van der Waals surface area contributed by atoms with Crippen LogP contribution in [0.5, 0.6) is 0 Å². The summed E-state index contributed by atoms with van der Waals surface area (Å²) in [6.07, 6.45) is 4.07. The van der Waals surface area contributed by atoms with Crippen molar-refractivity contribution in [2.24, 2.45) is 0 Å². The van der Waals surface area contributed by atoms with E-state index < -0.39 is 6.04 Å². The number of hydrogen-bond acceptors (Lipinski definition) is 5. The number of amides is 3. The van der Waals surface area contributed by atoms with Gasteiger partial charge in [-0.3, -0.25) is 19.4 Å². The maximum Gasteiger partial charge on any atom is 0.256 e. The van der Waals surface area contributed by atoms with Gasteiger partial charge >= 0.3 is 0 Å². The highest BCUT2D eigenvalue weighted by Gasteiger charge is 2.40. The van der Waals surface area contributed by atoms with Gasteiger partial charge in [0.05, 0.1) is 16.8 Å². The van der Waals surface area contributed by atoms with Crippen LogP contribution < -0.4 is 10.6 Å². The Morgan fingerprint density at radius 2 is 2.10 bits per heavy atom. The standard InChI is InChI=1S/C23H20N4O3S/c28-21(15-2-1-7-24-12-15)25-17-5-8-27-20(11-17)22(29)26-19-4-3-14(10-18(19)23(27)30)16-6-9-31-13-16/h1-4,6-7,9-10,12-13,17,20H,5,8,11H2,(H,25,28)(H,26,29)/t17-,20+/m1/s1. The molecule has 0 bridgehead atoms. The van der Waals surface area contributed by atoms with Crippen molar-refractivity contribution in [2.75, 3.05) is 11.9 Å². The topological polar surface area (TPSA) is 91.4 Å². The first-order chi connectivity index (χ1) is 15.1. The number of carbonyl (C=O) groups is 3. The van der Waals surface area contributed by atoms with E-state index in [1.54, 1.807) is 40.6 Å². The van der Waals surface area contributed by atoms with E-state index in [-0.39, 0.29) is 23.8 Å². The molecule has 0 radical (unpaired) electrons. The maximum absolute atomic E-state index is 13.3. The number of pyridine rings is 1. The van der Waals surface area contributed by atoms with Gasteiger partial charge in [-0.1, -0.05) is 6.07 Å². The van der Waals surface area contributed by atoms with E-state index in [9.17, 15) is 14.4 Å². The molecule has 31 heavy (non-hydrogen) atoms. The molecule has 2 aliphatic rings. The second-order valence-corrected chi connectivity index (χ2v) is 8.49. The SMILES string of the molecule is O=C(N[C@@H]1CCN2C(=O)c3cc(-c4ccsc4)ccc3NC(=O)[C@@H]2C1)c1cccnc1. The first-order valence-electron chi connectivity index (χ1n) is 10.1. The summed E-state index contributed by atoms with van der Waals surface area (Å²) in [4.78, 5) is 44.4. The second-order valence-electron chi connectivity index (χ2n) is 7.71. The van der Waals surface area contributed by atoms with Gasteiger partial charge in [-0.15, -0.1) is 0 Å². The van der Waals surface area contributed by atoms with Gasteiger partial charge in [0.1, 0.15) is 6.04 Å². The Labute approximate surface area is 183 Å². The van der Waals surface area contributed by atoms with E-state index >= 15 is 0 Å². The van der Waals surface area contributed by atoms with Crippen LogP contribution in [0.15, 0.2) is 59.6 Å². The molecule has 2 atom stereocenters. The summed E-state index contributed by atoms with van der Waals surface area (Å²) in [6, 6.07) is 10.1. The minimum atomic E-state index is -0.627. The summed E-state index contributed by atoms with van der Waals surface area (Å²) in [5, 5.41) is 9.91. The molecule has 2 aromatic heterocycles. The number of piperidine rings is 1. The molecular weight excluding hydrogens is 412 g/mol. The van der Waals surface area contributed by atoms with Gasteiger partial charge in [0, 0.05) is 25.0 Å². The zero-order valence-corrected chi connectivity index (χ0v) is 17.4. The number of rotatable bonds is 3. The summed E-state index contributed by atoms with van der Waals surface area (Å²) in [6.45, 7) is 0.400. The number of hydrogen-bond donors (Lipinski definition) is 2. The van der Waals surface area contributed by atoms with Crippen LogP contribution >= 0.6 is 11.3 Å². The smallest absolute Gasteiger partial charge is 0.256 e. The van der Waals surface area contributed by atoms with E-state index in [1.807, 2.05) is 29.0 Å². The number of nitrogens with zero attached hydrogens (tertiary/aromatic N) is 2.